The lowest BCUT2D eigenvalue weighted by Gasteiger charge is -2.11. The fourth-order valence-corrected chi connectivity index (χ4v) is 1.49. The van der Waals surface area contributed by atoms with Gasteiger partial charge in [0.2, 0.25) is 0 Å². The van der Waals surface area contributed by atoms with Crippen LogP contribution in [0.2, 0.25) is 5.02 Å². The number of hydrogen-bond donors (Lipinski definition) is 0. The van der Waals surface area contributed by atoms with Gasteiger partial charge in [-0.05, 0) is 34.1 Å². The van der Waals surface area contributed by atoms with Gasteiger partial charge < -0.3 is 4.90 Å². The zero-order valence-corrected chi connectivity index (χ0v) is 9.69. The maximum absolute atomic E-state index is 11.6. The molecule has 0 spiro atoms. The summed E-state index contributed by atoms with van der Waals surface area (Å²) >= 11 is 9.07. The molecule has 0 saturated heterocycles. The minimum atomic E-state index is -0.0608. The Hall–Kier alpha value is -0.540. The summed E-state index contributed by atoms with van der Waals surface area (Å²) in [5, 5.41) is 0.563. The lowest BCUT2D eigenvalue weighted by Crippen LogP contribution is -2.21. The second-order valence-electron chi connectivity index (χ2n) is 2.82. The van der Waals surface area contributed by atoms with E-state index in [1.54, 1.807) is 32.3 Å². The summed E-state index contributed by atoms with van der Waals surface area (Å²) < 4.78 is 0.760. The first-order chi connectivity index (χ1) is 6.02. The molecular weight excluding hydrogens is 253 g/mol. The molecule has 1 amide bonds. The van der Waals surface area contributed by atoms with E-state index in [4.69, 9.17) is 11.6 Å². The average molecular weight is 263 g/mol. The molecule has 0 aliphatic carbocycles. The Labute approximate surface area is 90.6 Å². The number of halogens is 2. The van der Waals surface area contributed by atoms with E-state index >= 15 is 0 Å². The Balaban J connectivity index is 3.13. The molecule has 1 aromatic rings. The number of rotatable bonds is 1. The van der Waals surface area contributed by atoms with Gasteiger partial charge in [-0.3, -0.25) is 4.79 Å². The third-order valence-electron chi connectivity index (χ3n) is 1.56. The summed E-state index contributed by atoms with van der Waals surface area (Å²) in [6.07, 6.45) is 0. The van der Waals surface area contributed by atoms with E-state index in [0.717, 1.165) is 4.47 Å². The molecule has 0 radical (unpaired) electrons. The van der Waals surface area contributed by atoms with Crippen molar-refractivity contribution >= 4 is 33.4 Å². The van der Waals surface area contributed by atoms with Gasteiger partial charge in [0.15, 0.2) is 0 Å². The van der Waals surface area contributed by atoms with Crippen molar-refractivity contribution in [2.45, 2.75) is 0 Å². The Morgan fingerprint density at radius 3 is 2.62 bits per heavy atom. The first-order valence-corrected chi connectivity index (χ1v) is 4.86. The highest BCUT2D eigenvalue weighted by Gasteiger charge is 2.11. The van der Waals surface area contributed by atoms with Crippen molar-refractivity contribution in [3.05, 3.63) is 33.3 Å². The van der Waals surface area contributed by atoms with Gasteiger partial charge in [-0.1, -0.05) is 11.6 Å². The van der Waals surface area contributed by atoms with Crippen molar-refractivity contribution in [1.82, 2.24) is 4.90 Å². The van der Waals surface area contributed by atoms with E-state index in [0.29, 0.717) is 10.6 Å². The van der Waals surface area contributed by atoms with Crippen LogP contribution in [0.5, 0.6) is 0 Å². The number of nitrogens with zero attached hydrogens (tertiary/aromatic N) is 1. The molecule has 0 fully saturated rings. The van der Waals surface area contributed by atoms with Gasteiger partial charge in [-0.25, -0.2) is 0 Å². The fraction of sp³-hybridized carbons (Fsp3) is 0.222. The molecule has 70 valence electrons. The molecule has 0 heterocycles. The van der Waals surface area contributed by atoms with Crippen LogP contribution in [-0.2, 0) is 0 Å². The smallest absolute Gasteiger partial charge is 0.254 e. The number of carbonyl (C=O) groups excluding carboxylic acids is 1. The minimum absolute atomic E-state index is 0.0608. The van der Waals surface area contributed by atoms with Gasteiger partial charge in [0.25, 0.3) is 5.91 Å². The SMILES string of the molecule is CN(C)C(=O)c1cc(Cl)ccc1Br. The Bertz CT molecular complexity index is 338. The summed E-state index contributed by atoms with van der Waals surface area (Å²) in [6.45, 7) is 0. The number of benzene rings is 1. The molecule has 1 rings (SSSR count). The van der Waals surface area contributed by atoms with E-state index in [9.17, 15) is 4.79 Å². The van der Waals surface area contributed by atoms with Crippen LogP contribution >= 0.6 is 27.5 Å². The molecule has 0 atom stereocenters. The lowest BCUT2D eigenvalue weighted by molar-refractivity contribution is 0.0827. The third-order valence-corrected chi connectivity index (χ3v) is 2.49. The molecule has 1 aromatic carbocycles. The van der Waals surface area contributed by atoms with Crippen LogP contribution in [0.25, 0.3) is 0 Å². The monoisotopic (exact) mass is 261 g/mol. The Morgan fingerprint density at radius 2 is 2.08 bits per heavy atom. The first kappa shape index (κ1) is 10.5. The number of hydrogen-bond acceptors (Lipinski definition) is 1. The van der Waals surface area contributed by atoms with Gasteiger partial charge in [-0.2, -0.15) is 0 Å². The predicted molar refractivity (Wildman–Crippen MR) is 57.2 cm³/mol. The van der Waals surface area contributed by atoms with Crippen LogP contribution in [0.3, 0.4) is 0 Å². The second kappa shape index (κ2) is 4.11. The minimum Gasteiger partial charge on any atom is -0.345 e. The summed E-state index contributed by atoms with van der Waals surface area (Å²) in [5.41, 5.74) is 0.581. The van der Waals surface area contributed by atoms with Crippen molar-refractivity contribution in [3.8, 4) is 0 Å². The summed E-state index contributed by atoms with van der Waals surface area (Å²) in [4.78, 5) is 13.1. The largest absolute Gasteiger partial charge is 0.345 e. The topological polar surface area (TPSA) is 20.3 Å². The van der Waals surface area contributed by atoms with Crippen LogP contribution in [0, 0.1) is 0 Å². The molecule has 0 bridgehead atoms. The normalized spacial score (nSPS) is 9.85. The van der Waals surface area contributed by atoms with Crippen LogP contribution in [0.15, 0.2) is 22.7 Å². The molecule has 0 aliphatic rings. The van der Waals surface area contributed by atoms with E-state index in [-0.39, 0.29) is 5.91 Å². The Kier molecular flexibility index (Phi) is 3.33. The Morgan fingerprint density at radius 1 is 1.46 bits per heavy atom. The van der Waals surface area contributed by atoms with Crippen molar-refractivity contribution < 1.29 is 4.79 Å². The molecule has 2 nitrogen and oxygen atoms in total. The quantitative estimate of drug-likeness (QED) is 0.762. The highest BCUT2D eigenvalue weighted by atomic mass is 79.9. The standard InChI is InChI=1S/C9H9BrClNO/c1-12(2)9(13)7-5-6(11)3-4-8(7)10/h3-5H,1-2H3. The van der Waals surface area contributed by atoms with E-state index < -0.39 is 0 Å². The summed E-state index contributed by atoms with van der Waals surface area (Å²) in [5.74, 6) is -0.0608. The summed E-state index contributed by atoms with van der Waals surface area (Å²) in [6, 6.07) is 5.14. The van der Waals surface area contributed by atoms with Gasteiger partial charge in [-0.15, -0.1) is 0 Å². The zero-order valence-electron chi connectivity index (χ0n) is 7.34. The second-order valence-corrected chi connectivity index (χ2v) is 4.11. The van der Waals surface area contributed by atoms with E-state index in [1.807, 2.05) is 0 Å². The zero-order chi connectivity index (χ0) is 10.0. The first-order valence-electron chi connectivity index (χ1n) is 3.69. The maximum Gasteiger partial charge on any atom is 0.254 e. The molecule has 4 heteroatoms. The van der Waals surface area contributed by atoms with Crippen LogP contribution in [0.4, 0.5) is 0 Å². The van der Waals surface area contributed by atoms with E-state index in [2.05, 4.69) is 15.9 Å². The lowest BCUT2D eigenvalue weighted by atomic mass is 10.2. The van der Waals surface area contributed by atoms with Crippen molar-refractivity contribution in [3.63, 3.8) is 0 Å². The van der Waals surface area contributed by atoms with Crippen molar-refractivity contribution in [1.29, 1.82) is 0 Å². The fourth-order valence-electron chi connectivity index (χ4n) is 0.902. The molecular formula is C9H9BrClNO. The predicted octanol–water partition coefficient (Wildman–Crippen LogP) is 2.80. The van der Waals surface area contributed by atoms with Gasteiger partial charge in [0.05, 0.1) is 5.56 Å². The van der Waals surface area contributed by atoms with E-state index in [1.165, 1.54) is 4.90 Å². The van der Waals surface area contributed by atoms with Gasteiger partial charge in [0, 0.05) is 23.6 Å². The molecule has 0 aliphatic heterocycles. The van der Waals surface area contributed by atoms with Gasteiger partial charge >= 0.3 is 0 Å². The third kappa shape index (κ3) is 2.45. The van der Waals surface area contributed by atoms with Crippen molar-refractivity contribution in [2.24, 2.45) is 0 Å². The van der Waals surface area contributed by atoms with Crippen LogP contribution in [-0.4, -0.2) is 24.9 Å². The van der Waals surface area contributed by atoms with Gasteiger partial charge in [0.1, 0.15) is 0 Å². The molecule has 13 heavy (non-hydrogen) atoms. The number of carbonyl (C=O) groups is 1. The molecule has 0 aromatic heterocycles. The highest BCUT2D eigenvalue weighted by Crippen LogP contribution is 2.21. The molecule has 0 N–H and O–H groups in total. The summed E-state index contributed by atoms with van der Waals surface area (Å²) in [7, 11) is 3.41. The molecule has 0 unspecified atom stereocenters. The van der Waals surface area contributed by atoms with Crippen molar-refractivity contribution in [2.75, 3.05) is 14.1 Å². The average Bonchev–Trinajstić information content (AvgIpc) is 2.08. The van der Waals surface area contributed by atoms with Crippen LogP contribution < -0.4 is 0 Å². The highest BCUT2D eigenvalue weighted by molar-refractivity contribution is 9.10. The maximum atomic E-state index is 11.6. The van der Waals surface area contributed by atoms with Crippen LogP contribution in [0.1, 0.15) is 10.4 Å². The molecule has 0 saturated carbocycles. The number of amides is 1.